The van der Waals surface area contributed by atoms with Gasteiger partial charge < -0.3 is 15.4 Å². The average molecular weight is 250 g/mol. The molecule has 3 heteroatoms. The Hall–Kier alpha value is -1.06. The molecule has 2 N–H and O–H groups in total. The Morgan fingerprint density at radius 1 is 1.39 bits per heavy atom. The summed E-state index contributed by atoms with van der Waals surface area (Å²) in [6.07, 6.45) is 1.10. The Bertz CT molecular complexity index is 361. The van der Waals surface area contributed by atoms with E-state index in [0.29, 0.717) is 0 Å². The van der Waals surface area contributed by atoms with Crippen molar-refractivity contribution in [1.29, 1.82) is 0 Å². The Kier molecular flexibility index (Phi) is 5.63. The predicted octanol–water partition coefficient (Wildman–Crippen LogP) is 2.50. The second-order valence-electron chi connectivity index (χ2n) is 5.39. The third kappa shape index (κ3) is 4.31. The maximum Gasteiger partial charge on any atom is 0.119 e. The molecule has 0 aliphatic rings. The van der Waals surface area contributed by atoms with Crippen LogP contribution in [0.1, 0.15) is 25.8 Å². The second kappa shape index (κ2) is 6.76. The van der Waals surface area contributed by atoms with Crippen molar-refractivity contribution in [1.82, 2.24) is 4.90 Å². The van der Waals surface area contributed by atoms with Crippen molar-refractivity contribution >= 4 is 0 Å². The van der Waals surface area contributed by atoms with Gasteiger partial charge in [-0.15, -0.1) is 0 Å². The summed E-state index contributed by atoms with van der Waals surface area (Å²) >= 11 is 0. The van der Waals surface area contributed by atoms with Gasteiger partial charge in [0.25, 0.3) is 0 Å². The first-order valence-corrected chi connectivity index (χ1v) is 6.54. The molecule has 1 aromatic rings. The molecule has 102 valence electrons. The van der Waals surface area contributed by atoms with Crippen LogP contribution in [0.4, 0.5) is 0 Å². The van der Waals surface area contributed by atoms with Gasteiger partial charge in [0.05, 0.1) is 7.11 Å². The molecule has 1 unspecified atom stereocenters. The highest BCUT2D eigenvalue weighted by atomic mass is 16.5. The van der Waals surface area contributed by atoms with E-state index in [1.54, 1.807) is 7.11 Å². The summed E-state index contributed by atoms with van der Waals surface area (Å²) in [5, 5.41) is 0. The highest BCUT2D eigenvalue weighted by Crippen LogP contribution is 2.21. The lowest BCUT2D eigenvalue weighted by molar-refractivity contribution is 0.186. The minimum absolute atomic E-state index is 0.202. The van der Waals surface area contributed by atoms with Crippen LogP contribution in [0.5, 0.6) is 5.75 Å². The lowest BCUT2D eigenvalue weighted by atomic mass is 9.87. The normalized spacial score (nSPS) is 14.6. The molecule has 0 aromatic heterocycles. The van der Waals surface area contributed by atoms with Crippen LogP contribution in [0, 0.1) is 5.41 Å². The van der Waals surface area contributed by atoms with Crippen molar-refractivity contribution in [3.05, 3.63) is 29.8 Å². The van der Waals surface area contributed by atoms with Gasteiger partial charge in [-0.1, -0.05) is 26.0 Å². The molecule has 0 aliphatic carbocycles. The fourth-order valence-corrected chi connectivity index (χ4v) is 2.11. The van der Waals surface area contributed by atoms with Crippen molar-refractivity contribution in [3.8, 4) is 5.75 Å². The molecule has 1 aromatic carbocycles. The van der Waals surface area contributed by atoms with Gasteiger partial charge in [0, 0.05) is 13.1 Å². The largest absolute Gasteiger partial charge is 0.497 e. The zero-order valence-electron chi connectivity index (χ0n) is 12.1. The second-order valence-corrected chi connectivity index (χ2v) is 5.39. The highest BCUT2D eigenvalue weighted by Gasteiger charge is 2.22. The highest BCUT2D eigenvalue weighted by molar-refractivity contribution is 5.28. The van der Waals surface area contributed by atoms with Crippen molar-refractivity contribution in [2.24, 2.45) is 11.1 Å². The Labute approximate surface area is 111 Å². The Morgan fingerprint density at radius 3 is 2.67 bits per heavy atom. The summed E-state index contributed by atoms with van der Waals surface area (Å²) in [6.45, 7) is 7.11. The molecule has 1 rings (SSSR count). The fourth-order valence-electron chi connectivity index (χ4n) is 2.11. The molecule has 0 spiro atoms. The first-order valence-electron chi connectivity index (χ1n) is 6.54. The van der Waals surface area contributed by atoms with Crippen molar-refractivity contribution < 1.29 is 4.74 Å². The van der Waals surface area contributed by atoms with E-state index in [9.17, 15) is 0 Å². The number of ether oxygens (including phenoxy) is 1. The lowest BCUT2D eigenvalue weighted by Gasteiger charge is -2.31. The molecule has 0 heterocycles. The minimum atomic E-state index is 0.202. The van der Waals surface area contributed by atoms with E-state index in [1.165, 1.54) is 5.56 Å². The molecule has 0 saturated carbocycles. The van der Waals surface area contributed by atoms with Crippen LogP contribution in [-0.4, -0.2) is 32.1 Å². The van der Waals surface area contributed by atoms with E-state index >= 15 is 0 Å². The first-order chi connectivity index (χ1) is 8.53. The van der Waals surface area contributed by atoms with Gasteiger partial charge in [0.1, 0.15) is 5.75 Å². The number of nitrogens with two attached hydrogens (primary N) is 1. The van der Waals surface area contributed by atoms with Gasteiger partial charge >= 0.3 is 0 Å². The van der Waals surface area contributed by atoms with E-state index in [-0.39, 0.29) is 5.41 Å². The number of benzene rings is 1. The Balaban J connectivity index is 2.61. The zero-order valence-corrected chi connectivity index (χ0v) is 12.1. The predicted molar refractivity (Wildman–Crippen MR) is 76.8 cm³/mol. The molecule has 3 nitrogen and oxygen atoms in total. The minimum Gasteiger partial charge on any atom is -0.497 e. The fraction of sp³-hybridized carbons (Fsp3) is 0.600. The van der Waals surface area contributed by atoms with Gasteiger partial charge in [0.2, 0.25) is 0 Å². The van der Waals surface area contributed by atoms with Crippen LogP contribution in [-0.2, 0) is 6.54 Å². The van der Waals surface area contributed by atoms with E-state index in [4.69, 9.17) is 10.5 Å². The molecular weight excluding hydrogens is 224 g/mol. The van der Waals surface area contributed by atoms with Gasteiger partial charge in [-0.3, -0.25) is 0 Å². The van der Waals surface area contributed by atoms with Crippen molar-refractivity contribution in [2.45, 2.75) is 26.8 Å². The standard InChI is InChI=1S/C15H26N2O/c1-5-15(2,11-16)12-17(3)10-13-7-6-8-14(9-13)18-4/h6-9H,5,10-12,16H2,1-4H3. The third-order valence-electron chi connectivity index (χ3n) is 3.58. The van der Waals surface area contributed by atoms with E-state index in [0.717, 1.165) is 31.8 Å². The van der Waals surface area contributed by atoms with Crippen LogP contribution < -0.4 is 10.5 Å². The van der Waals surface area contributed by atoms with Crippen LogP contribution in [0.15, 0.2) is 24.3 Å². The number of hydrogen-bond donors (Lipinski definition) is 1. The number of rotatable bonds is 7. The molecule has 0 fully saturated rings. The van der Waals surface area contributed by atoms with Gasteiger partial charge in [-0.05, 0) is 43.1 Å². The third-order valence-corrected chi connectivity index (χ3v) is 3.58. The number of nitrogens with zero attached hydrogens (tertiary/aromatic N) is 1. The number of methoxy groups -OCH3 is 1. The zero-order chi connectivity index (χ0) is 13.6. The Morgan fingerprint density at radius 2 is 2.11 bits per heavy atom. The van der Waals surface area contributed by atoms with Gasteiger partial charge in [-0.2, -0.15) is 0 Å². The van der Waals surface area contributed by atoms with Gasteiger partial charge in [-0.25, -0.2) is 0 Å². The van der Waals surface area contributed by atoms with Crippen molar-refractivity contribution in [2.75, 3.05) is 27.2 Å². The monoisotopic (exact) mass is 250 g/mol. The molecular formula is C15H26N2O. The molecule has 0 aliphatic heterocycles. The lowest BCUT2D eigenvalue weighted by Crippen LogP contribution is -2.38. The summed E-state index contributed by atoms with van der Waals surface area (Å²) in [4.78, 5) is 2.32. The van der Waals surface area contributed by atoms with Gasteiger partial charge in [0.15, 0.2) is 0 Å². The van der Waals surface area contributed by atoms with Crippen LogP contribution in [0.2, 0.25) is 0 Å². The summed E-state index contributed by atoms with van der Waals surface area (Å²) in [7, 11) is 3.84. The van der Waals surface area contributed by atoms with Crippen LogP contribution >= 0.6 is 0 Å². The summed E-state index contributed by atoms with van der Waals surface area (Å²) in [6, 6.07) is 8.22. The topological polar surface area (TPSA) is 38.5 Å². The van der Waals surface area contributed by atoms with E-state index in [2.05, 4.69) is 37.9 Å². The molecule has 0 bridgehead atoms. The number of hydrogen-bond acceptors (Lipinski definition) is 3. The summed E-state index contributed by atoms with van der Waals surface area (Å²) in [5.41, 5.74) is 7.33. The maximum atomic E-state index is 5.86. The van der Waals surface area contributed by atoms with E-state index < -0.39 is 0 Å². The molecule has 0 saturated heterocycles. The quantitative estimate of drug-likeness (QED) is 0.808. The molecule has 0 amide bonds. The maximum absolute atomic E-state index is 5.86. The molecule has 18 heavy (non-hydrogen) atoms. The SMILES string of the molecule is CCC(C)(CN)CN(C)Cc1cccc(OC)c1. The summed E-state index contributed by atoms with van der Waals surface area (Å²) < 4.78 is 5.24. The van der Waals surface area contributed by atoms with Crippen LogP contribution in [0.3, 0.4) is 0 Å². The van der Waals surface area contributed by atoms with Crippen LogP contribution in [0.25, 0.3) is 0 Å². The first kappa shape index (κ1) is 15.0. The smallest absolute Gasteiger partial charge is 0.119 e. The molecule has 1 atom stereocenters. The average Bonchev–Trinajstić information content (AvgIpc) is 2.38. The summed E-state index contributed by atoms with van der Waals surface area (Å²) in [5.74, 6) is 0.915. The molecule has 0 radical (unpaired) electrons. The van der Waals surface area contributed by atoms with E-state index in [1.807, 2.05) is 12.1 Å². The van der Waals surface area contributed by atoms with Crippen molar-refractivity contribution in [3.63, 3.8) is 0 Å².